The maximum absolute atomic E-state index is 12.9. The van der Waals surface area contributed by atoms with E-state index in [1.54, 1.807) is 23.1 Å². The normalized spacial score (nSPS) is 13.0. The van der Waals surface area contributed by atoms with Gasteiger partial charge in [0.2, 0.25) is 10.0 Å². The van der Waals surface area contributed by atoms with Crippen LogP contribution in [0.4, 0.5) is 5.69 Å². The van der Waals surface area contributed by atoms with E-state index in [-0.39, 0.29) is 17.3 Å². The maximum atomic E-state index is 12.9. The van der Waals surface area contributed by atoms with Crippen LogP contribution in [-0.2, 0) is 23.0 Å². The van der Waals surface area contributed by atoms with Crippen molar-refractivity contribution in [2.45, 2.75) is 17.9 Å². The van der Waals surface area contributed by atoms with Crippen molar-refractivity contribution < 1.29 is 22.7 Å². The van der Waals surface area contributed by atoms with Crippen molar-refractivity contribution in [2.75, 3.05) is 25.7 Å². The number of fused-ring (bicyclic) bond motifs is 1. The Morgan fingerprint density at radius 3 is 2.44 bits per heavy atom. The summed E-state index contributed by atoms with van der Waals surface area (Å²) in [7, 11) is -0.826. The summed E-state index contributed by atoms with van der Waals surface area (Å²) in [5, 5.41) is 0. The van der Waals surface area contributed by atoms with Gasteiger partial charge >= 0.3 is 0 Å². The molecule has 3 aromatic carbocycles. The first-order valence-electron chi connectivity index (χ1n) is 10.1. The molecule has 3 aromatic rings. The predicted octanol–water partition coefficient (Wildman–Crippen LogP) is 3.39. The number of anilines is 1. The van der Waals surface area contributed by atoms with Gasteiger partial charge in [-0.3, -0.25) is 4.79 Å². The Kier molecular flexibility index (Phi) is 6.16. The van der Waals surface area contributed by atoms with Crippen molar-refractivity contribution in [3.63, 3.8) is 0 Å². The van der Waals surface area contributed by atoms with Crippen LogP contribution >= 0.6 is 0 Å². The van der Waals surface area contributed by atoms with Crippen LogP contribution in [0.15, 0.2) is 71.6 Å². The molecule has 1 aliphatic rings. The molecule has 1 N–H and O–H groups in total. The average molecular weight is 453 g/mol. The lowest BCUT2D eigenvalue weighted by atomic mass is 10.1. The maximum Gasteiger partial charge on any atom is 0.258 e. The molecule has 7 nitrogen and oxygen atoms in total. The van der Waals surface area contributed by atoms with Crippen molar-refractivity contribution in [3.8, 4) is 11.5 Å². The van der Waals surface area contributed by atoms with Crippen molar-refractivity contribution in [1.82, 2.24) is 4.72 Å². The molecule has 0 aromatic heterocycles. The summed E-state index contributed by atoms with van der Waals surface area (Å²) in [5.41, 5.74) is 3.28. The molecule has 0 aliphatic carbocycles. The fourth-order valence-electron chi connectivity index (χ4n) is 3.73. The summed E-state index contributed by atoms with van der Waals surface area (Å²) in [6.07, 6.45) is 0.769. The smallest absolute Gasteiger partial charge is 0.258 e. The van der Waals surface area contributed by atoms with E-state index in [0.29, 0.717) is 23.6 Å². The van der Waals surface area contributed by atoms with Crippen LogP contribution in [0.25, 0.3) is 0 Å². The predicted molar refractivity (Wildman–Crippen MR) is 122 cm³/mol. The number of ether oxygens (including phenoxy) is 2. The Balaban J connectivity index is 1.52. The highest BCUT2D eigenvalue weighted by atomic mass is 32.2. The molecule has 0 spiro atoms. The Labute approximate surface area is 187 Å². The second kappa shape index (κ2) is 9.02. The van der Waals surface area contributed by atoms with Gasteiger partial charge in [-0.15, -0.1) is 0 Å². The minimum atomic E-state index is -3.77. The molecule has 0 saturated heterocycles. The number of sulfonamides is 1. The number of carbonyl (C=O) groups excluding carboxylic acids is 1. The number of methoxy groups -OCH3 is 2. The molecular formula is C24H24N2O5S. The van der Waals surface area contributed by atoms with E-state index < -0.39 is 10.0 Å². The zero-order valence-electron chi connectivity index (χ0n) is 17.9. The topological polar surface area (TPSA) is 84.9 Å². The summed E-state index contributed by atoms with van der Waals surface area (Å²) in [6, 6.07) is 19.3. The number of nitrogens with zero attached hydrogens (tertiary/aromatic N) is 1. The van der Waals surface area contributed by atoms with Crippen molar-refractivity contribution in [1.29, 1.82) is 0 Å². The number of nitrogens with one attached hydrogen (secondary N) is 1. The highest BCUT2D eigenvalue weighted by Crippen LogP contribution is 2.31. The van der Waals surface area contributed by atoms with E-state index >= 15 is 0 Å². The molecule has 0 atom stereocenters. The lowest BCUT2D eigenvalue weighted by Gasteiger charge is -2.18. The largest absolute Gasteiger partial charge is 0.493 e. The van der Waals surface area contributed by atoms with Crippen LogP contribution in [0.5, 0.6) is 11.5 Å². The van der Waals surface area contributed by atoms with Gasteiger partial charge in [0.15, 0.2) is 11.5 Å². The summed E-state index contributed by atoms with van der Waals surface area (Å²) >= 11 is 0. The molecule has 0 fully saturated rings. The minimum absolute atomic E-state index is 0.0626. The molecule has 1 aliphatic heterocycles. The molecule has 0 saturated carbocycles. The average Bonchev–Trinajstić information content (AvgIpc) is 3.25. The molecular weight excluding hydrogens is 428 g/mol. The number of rotatable bonds is 7. The number of hydrogen-bond donors (Lipinski definition) is 1. The van der Waals surface area contributed by atoms with Gasteiger partial charge in [0.1, 0.15) is 0 Å². The third-order valence-electron chi connectivity index (χ3n) is 5.44. The van der Waals surface area contributed by atoms with Crippen LogP contribution in [0, 0.1) is 0 Å². The second-order valence-corrected chi connectivity index (χ2v) is 9.14. The molecule has 1 heterocycles. The van der Waals surface area contributed by atoms with Crippen molar-refractivity contribution in [2.24, 2.45) is 0 Å². The fraction of sp³-hybridized carbons (Fsp3) is 0.208. The molecule has 0 bridgehead atoms. The highest BCUT2D eigenvalue weighted by molar-refractivity contribution is 7.89. The zero-order valence-corrected chi connectivity index (χ0v) is 18.7. The van der Waals surface area contributed by atoms with Crippen LogP contribution < -0.4 is 19.1 Å². The van der Waals surface area contributed by atoms with Crippen LogP contribution in [-0.4, -0.2) is 35.1 Å². The van der Waals surface area contributed by atoms with Gasteiger partial charge in [-0.1, -0.05) is 30.3 Å². The number of hydrogen-bond acceptors (Lipinski definition) is 5. The van der Waals surface area contributed by atoms with E-state index in [4.69, 9.17) is 9.47 Å². The quantitative estimate of drug-likeness (QED) is 0.594. The standard InChI is InChI=1S/C24H24N2O5S/c1-30-22-11-10-20(15-23(22)31-2)32(28,29)25-16-17-8-9-18-12-13-26(21(18)14-17)24(27)19-6-4-3-5-7-19/h3-11,14-15,25H,12-13,16H2,1-2H3. The monoisotopic (exact) mass is 452 g/mol. The second-order valence-electron chi connectivity index (χ2n) is 7.38. The van der Waals surface area contributed by atoms with Crippen molar-refractivity contribution >= 4 is 21.6 Å². The Bertz CT molecular complexity index is 1240. The van der Waals surface area contributed by atoms with Gasteiger partial charge < -0.3 is 14.4 Å². The van der Waals surface area contributed by atoms with Crippen LogP contribution in [0.1, 0.15) is 21.5 Å². The van der Waals surface area contributed by atoms with E-state index in [9.17, 15) is 13.2 Å². The Morgan fingerprint density at radius 2 is 1.72 bits per heavy atom. The third kappa shape index (κ3) is 4.32. The van der Waals surface area contributed by atoms with Gasteiger partial charge in [-0.2, -0.15) is 0 Å². The minimum Gasteiger partial charge on any atom is -0.493 e. The van der Waals surface area contributed by atoms with E-state index in [2.05, 4.69) is 4.72 Å². The van der Waals surface area contributed by atoms with Crippen LogP contribution in [0.2, 0.25) is 0 Å². The number of benzene rings is 3. The first-order valence-corrected chi connectivity index (χ1v) is 11.6. The summed E-state index contributed by atoms with van der Waals surface area (Å²) < 4.78 is 38.6. The SMILES string of the molecule is COc1ccc(S(=O)(=O)NCc2ccc3c(c2)N(C(=O)c2ccccc2)CC3)cc1OC. The molecule has 8 heteroatoms. The van der Waals surface area contributed by atoms with Gasteiger partial charge in [-0.25, -0.2) is 13.1 Å². The molecule has 32 heavy (non-hydrogen) atoms. The first-order chi connectivity index (χ1) is 15.4. The Hall–Kier alpha value is -3.36. The summed E-state index contributed by atoms with van der Waals surface area (Å²) in [6.45, 7) is 0.696. The van der Waals surface area contributed by atoms with Crippen molar-refractivity contribution in [3.05, 3.63) is 83.4 Å². The van der Waals surface area contributed by atoms with Crippen LogP contribution in [0.3, 0.4) is 0 Å². The molecule has 1 amide bonds. The zero-order chi connectivity index (χ0) is 22.7. The number of amides is 1. The molecule has 4 rings (SSSR count). The van der Waals surface area contributed by atoms with E-state index in [0.717, 1.165) is 23.2 Å². The fourth-order valence-corrected chi connectivity index (χ4v) is 4.76. The molecule has 0 unspecified atom stereocenters. The third-order valence-corrected chi connectivity index (χ3v) is 6.84. The lowest BCUT2D eigenvalue weighted by Crippen LogP contribution is -2.29. The lowest BCUT2D eigenvalue weighted by molar-refractivity contribution is 0.0989. The molecule has 166 valence electrons. The summed E-state index contributed by atoms with van der Waals surface area (Å²) in [5.74, 6) is 0.726. The van der Waals surface area contributed by atoms with E-state index in [1.165, 1.54) is 26.4 Å². The van der Waals surface area contributed by atoms with Gasteiger partial charge in [0.25, 0.3) is 5.91 Å². The first kappa shape index (κ1) is 21.9. The van der Waals surface area contributed by atoms with Gasteiger partial charge in [0, 0.05) is 30.4 Å². The summed E-state index contributed by atoms with van der Waals surface area (Å²) in [4.78, 5) is 14.8. The number of carbonyl (C=O) groups is 1. The highest BCUT2D eigenvalue weighted by Gasteiger charge is 2.26. The van der Waals surface area contributed by atoms with Gasteiger partial charge in [0.05, 0.1) is 19.1 Å². The van der Waals surface area contributed by atoms with E-state index in [1.807, 2.05) is 36.4 Å². The Morgan fingerprint density at radius 1 is 0.969 bits per heavy atom. The van der Waals surface area contributed by atoms with Gasteiger partial charge in [-0.05, 0) is 47.9 Å². The molecule has 0 radical (unpaired) electrons.